The van der Waals surface area contributed by atoms with Crippen LogP contribution in [0.4, 0.5) is 0 Å². The summed E-state index contributed by atoms with van der Waals surface area (Å²) in [7, 11) is 0. The van der Waals surface area contributed by atoms with E-state index in [1.165, 1.54) is 0 Å². The van der Waals surface area contributed by atoms with Gasteiger partial charge in [-0.05, 0) is 49.9 Å². The van der Waals surface area contributed by atoms with Crippen molar-refractivity contribution in [2.75, 3.05) is 32.8 Å². The van der Waals surface area contributed by atoms with E-state index in [9.17, 15) is 4.79 Å². The highest BCUT2D eigenvalue weighted by atomic mass is 16.5. The number of rotatable bonds is 8. The Morgan fingerprint density at radius 1 is 1.25 bits per heavy atom. The maximum atomic E-state index is 13.2. The monoisotopic (exact) mass is 384 g/mol. The molecule has 0 aliphatic carbocycles. The number of nitrogens with one attached hydrogen (secondary N) is 1. The van der Waals surface area contributed by atoms with Gasteiger partial charge in [-0.2, -0.15) is 5.10 Å². The lowest BCUT2D eigenvalue weighted by Crippen LogP contribution is -2.41. The van der Waals surface area contributed by atoms with Crippen LogP contribution in [0.3, 0.4) is 0 Å². The fourth-order valence-corrected chi connectivity index (χ4v) is 3.42. The van der Waals surface area contributed by atoms with Gasteiger partial charge in [0, 0.05) is 13.1 Å². The molecule has 0 atom stereocenters. The van der Waals surface area contributed by atoms with Crippen LogP contribution in [0.2, 0.25) is 0 Å². The zero-order valence-electron chi connectivity index (χ0n) is 17.2. The van der Waals surface area contributed by atoms with Crippen molar-refractivity contribution in [3.63, 3.8) is 0 Å². The van der Waals surface area contributed by atoms with Crippen LogP contribution in [0, 0.1) is 11.8 Å². The Labute approximate surface area is 167 Å². The molecule has 2 heterocycles. The molecule has 1 saturated heterocycles. The molecule has 1 amide bonds. The normalized spacial score (nSPS) is 15.2. The van der Waals surface area contributed by atoms with Crippen molar-refractivity contribution in [1.82, 2.24) is 20.0 Å². The van der Waals surface area contributed by atoms with Gasteiger partial charge in [0.05, 0.1) is 18.5 Å². The molecule has 6 nitrogen and oxygen atoms in total. The summed E-state index contributed by atoms with van der Waals surface area (Å²) in [4.78, 5) is 15.1. The Morgan fingerprint density at radius 2 is 1.96 bits per heavy atom. The van der Waals surface area contributed by atoms with Crippen molar-refractivity contribution in [2.24, 2.45) is 11.8 Å². The first-order chi connectivity index (χ1) is 13.6. The molecule has 6 heteroatoms. The van der Waals surface area contributed by atoms with E-state index in [0.717, 1.165) is 44.7 Å². The second kappa shape index (κ2) is 9.73. The summed E-state index contributed by atoms with van der Waals surface area (Å²) < 4.78 is 7.68. The lowest BCUT2D eigenvalue weighted by atomic mass is 9.96. The van der Waals surface area contributed by atoms with Gasteiger partial charge in [0.1, 0.15) is 0 Å². The standard InChI is InChI=1S/C22H32N4O2/c1-4-23-14-18-10-12-25(13-11-18)22(27)21-20(28-16-17(2)3)15-26(24-21)19-8-6-5-7-9-19/h5-9,15,17-18,23H,4,10-14,16H2,1-3H3. The number of piperidine rings is 1. The quantitative estimate of drug-likeness (QED) is 0.758. The first-order valence-electron chi connectivity index (χ1n) is 10.4. The lowest BCUT2D eigenvalue weighted by molar-refractivity contribution is 0.0679. The number of hydrogen-bond acceptors (Lipinski definition) is 4. The highest BCUT2D eigenvalue weighted by Crippen LogP contribution is 2.25. The average Bonchev–Trinajstić information content (AvgIpc) is 3.15. The second-order valence-electron chi connectivity index (χ2n) is 7.87. The van der Waals surface area contributed by atoms with Gasteiger partial charge in [-0.1, -0.05) is 39.0 Å². The Morgan fingerprint density at radius 3 is 2.61 bits per heavy atom. The number of amides is 1. The van der Waals surface area contributed by atoms with Crippen LogP contribution in [0.1, 0.15) is 44.1 Å². The van der Waals surface area contributed by atoms with Crippen molar-refractivity contribution < 1.29 is 9.53 Å². The van der Waals surface area contributed by atoms with E-state index < -0.39 is 0 Å². The number of ether oxygens (including phenoxy) is 1. The first-order valence-corrected chi connectivity index (χ1v) is 10.4. The summed E-state index contributed by atoms with van der Waals surface area (Å²) >= 11 is 0. The van der Waals surface area contributed by atoms with E-state index in [4.69, 9.17) is 4.74 Å². The van der Waals surface area contributed by atoms with E-state index in [2.05, 4.69) is 31.2 Å². The van der Waals surface area contributed by atoms with Gasteiger partial charge in [-0.15, -0.1) is 0 Å². The summed E-state index contributed by atoms with van der Waals surface area (Å²) in [6.07, 6.45) is 3.88. The number of hydrogen-bond donors (Lipinski definition) is 1. The van der Waals surface area contributed by atoms with Crippen molar-refractivity contribution in [1.29, 1.82) is 0 Å². The van der Waals surface area contributed by atoms with Gasteiger partial charge in [0.25, 0.3) is 5.91 Å². The van der Waals surface area contributed by atoms with E-state index in [1.54, 1.807) is 4.68 Å². The Bertz CT molecular complexity index is 749. The zero-order chi connectivity index (χ0) is 19.9. The lowest BCUT2D eigenvalue weighted by Gasteiger charge is -2.31. The molecular formula is C22H32N4O2. The minimum Gasteiger partial charge on any atom is -0.489 e. The number of aromatic nitrogens is 2. The van der Waals surface area contributed by atoms with Crippen molar-refractivity contribution in [2.45, 2.75) is 33.6 Å². The van der Waals surface area contributed by atoms with Crippen molar-refractivity contribution >= 4 is 5.91 Å². The van der Waals surface area contributed by atoms with Crippen LogP contribution in [-0.2, 0) is 0 Å². The molecule has 2 aromatic rings. The molecule has 1 aromatic heterocycles. The smallest absolute Gasteiger partial charge is 0.278 e. The molecule has 1 fully saturated rings. The van der Waals surface area contributed by atoms with Crippen molar-refractivity contribution in [3.8, 4) is 11.4 Å². The molecule has 1 aliphatic rings. The van der Waals surface area contributed by atoms with E-state index in [1.807, 2.05) is 41.4 Å². The third-order valence-corrected chi connectivity index (χ3v) is 5.06. The zero-order valence-corrected chi connectivity index (χ0v) is 17.2. The maximum absolute atomic E-state index is 13.2. The molecule has 1 N–H and O–H groups in total. The summed E-state index contributed by atoms with van der Waals surface area (Å²) in [5.41, 5.74) is 1.33. The summed E-state index contributed by atoms with van der Waals surface area (Å²) in [6.45, 7) is 10.5. The van der Waals surface area contributed by atoms with Crippen LogP contribution in [-0.4, -0.2) is 53.4 Å². The van der Waals surface area contributed by atoms with Crippen LogP contribution in [0.25, 0.3) is 5.69 Å². The van der Waals surface area contributed by atoms with Gasteiger partial charge in [0.2, 0.25) is 0 Å². The number of para-hydroxylation sites is 1. The van der Waals surface area contributed by atoms with Crippen LogP contribution in [0.15, 0.2) is 36.5 Å². The molecule has 3 rings (SSSR count). The van der Waals surface area contributed by atoms with Crippen LogP contribution >= 0.6 is 0 Å². The van der Waals surface area contributed by atoms with Gasteiger partial charge in [-0.25, -0.2) is 4.68 Å². The molecule has 0 radical (unpaired) electrons. The number of benzene rings is 1. The van der Waals surface area contributed by atoms with Gasteiger partial charge >= 0.3 is 0 Å². The molecule has 28 heavy (non-hydrogen) atoms. The third kappa shape index (κ3) is 5.13. The number of likely N-dealkylation sites (tertiary alicyclic amines) is 1. The molecule has 1 aromatic carbocycles. The third-order valence-electron chi connectivity index (χ3n) is 5.06. The van der Waals surface area contributed by atoms with Crippen molar-refractivity contribution in [3.05, 3.63) is 42.2 Å². The minimum atomic E-state index is -0.0321. The fraction of sp³-hybridized carbons (Fsp3) is 0.545. The first kappa shape index (κ1) is 20.4. The van der Waals surface area contributed by atoms with Gasteiger partial charge in [0.15, 0.2) is 11.4 Å². The molecule has 0 bridgehead atoms. The highest BCUT2D eigenvalue weighted by molar-refractivity contribution is 5.95. The number of carbonyl (C=O) groups excluding carboxylic acids is 1. The van der Waals surface area contributed by atoms with E-state index in [-0.39, 0.29) is 5.91 Å². The SMILES string of the molecule is CCNCC1CCN(C(=O)c2nn(-c3ccccc3)cc2OCC(C)C)CC1. The molecule has 1 aliphatic heterocycles. The summed E-state index contributed by atoms with van der Waals surface area (Å²) in [5, 5.41) is 8.00. The fourth-order valence-electron chi connectivity index (χ4n) is 3.42. The molecule has 152 valence electrons. The second-order valence-corrected chi connectivity index (χ2v) is 7.87. The largest absolute Gasteiger partial charge is 0.489 e. The predicted molar refractivity (Wildman–Crippen MR) is 111 cm³/mol. The van der Waals surface area contributed by atoms with Crippen LogP contribution < -0.4 is 10.1 Å². The topological polar surface area (TPSA) is 59.4 Å². The average molecular weight is 385 g/mol. The van der Waals surface area contributed by atoms with Gasteiger partial charge in [-0.3, -0.25) is 4.79 Å². The minimum absolute atomic E-state index is 0.0321. The Balaban J connectivity index is 1.75. The Hall–Kier alpha value is -2.34. The number of nitrogens with zero attached hydrogens (tertiary/aromatic N) is 3. The van der Waals surface area contributed by atoms with Gasteiger partial charge < -0.3 is 15.0 Å². The molecular weight excluding hydrogens is 352 g/mol. The number of carbonyl (C=O) groups is 1. The summed E-state index contributed by atoms with van der Waals surface area (Å²) in [6, 6.07) is 9.83. The molecule has 0 unspecified atom stereocenters. The predicted octanol–water partition coefficient (Wildman–Crippen LogP) is 3.37. The van der Waals surface area contributed by atoms with E-state index >= 15 is 0 Å². The molecule has 0 saturated carbocycles. The van der Waals surface area contributed by atoms with Crippen LogP contribution in [0.5, 0.6) is 5.75 Å². The highest BCUT2D eigenvalue weighted by Gasteiger charge is 2.28. The maximum Gasteiger partial charge on any atom is 0.278 e. The molecule has 0 spiro atoms. The Kier molecular flexibility index (Phi) is 7.09. The summed E-state index contributed by atoms with van der Waals surface area (Å²) in [5.74, 6) is 1.56. The van der Waals surface area contributed by atoms with E-state index in [0.29, 0.717) is 29.9 Å².